The Labute approximate surface area is 419 Å². The predicted octanol–water partition coefficient (Wildman–Crippen LogP) is 18.9. The summed E-state index contributed by atoms with van der Waals surface area (Å²) in [6.45, 7) is 6.38. The fraction of sp³-hybridized carbons (Fsp3) is 0.694. The maximum absolute atomic E-state index is 12.9. The van der Waals surface area contributed by atoms with Crippen molar-refractivity contribution in [1.29, 1.82) is 0 Å². The molecule has 0 radical (unpaired) electrons. The van der Waals surface area contributed by atoms with Gasteiger partial charge in [0.2, 0.25) is 0 Å². The van der Waals surface area contributed by atoms with Crippen molar-refractivity contribution in [2.45, 2.75) is 264 Å². The molecule has 0 aromatic rings. The molecule has 0 rings (SSSR count). The molecule has 0 N–H and O–H groups in total. The molecule has 6 nitrogen and oxygen atoms in total. The molecule has 0 aliphatic carbocycles. The minimum atomic E-state index is -0.798. The Hall–Kier alpha value is -3.67. The van der Waals surface area contributed by atoms with E-state index in [1.54, 1.807) is 0 Å². The van der Waals surface area contributed by atoms with Gasteiger partial charge in [-0.25, -0.2) is 0 Å². The number of allylic oxidation sites excluding steroid dienone is 16. The molecule has 0 heterocycles. The van der Waals surface area contributed by atoms with Gasteiger partial charge in [0.15, 0.2) is 6.10 Å². The molecule has 0 saturated heterocycles. The predicted molar refractivity (Wildman–Crippen MR) is 293 cm³/mol. The molecule has 0 aliphatic heterocycles. The number of carbonyl (C=O) groups excluding carboxylic acids is 3. The molecule has 0 bridgehead atoms. The van der Waals surface area contributed by atoms with Crippen LogP contribution in [-0.2, 0) is 28.6 Å². The second kappa shape index (κ2) is 55.9. The van der Waals surface area contributed by atoms with E-state index in [1.807, 2.05) is 0 Å². The average Bonchev–Trinajstić information content (AvgIpc) is 3.34. The molecular formula is C62H104O6. The molecular weight excluding hydrogens is 841 g/mol. The topological polar surface area (TPSA) is 78.9 Å². The van der Waals surface area contributed by atoms with Crippen molar-refractivity contribution in [3.8, 4) is 0 Å². The van der Waals surface area contributed by atoms with Gasteiger partial charge in [0.25, 0.3) is 0 Å². The van der Waals surface area contributed by atoms with Crippen LogP contribution in [0.25, 0.3) is 0 Å². The largest absolute Gasteiger partial charge is 0.462 e. The third-order valence-corrected chi connectivity index (χ3v) is 11.8. The molecule has 0 aromatic carbocycles. The molecule has 0 aliphatic rings. The van der Waals surface area contributed by atoms with Crippen LogP contribution in [0.2, 0.25) is 0 Å². The lowest BCUT2D eigenvalue weighted by atomic mass is 10.0. The maximum Gasteiger partial charge on any atom is 0.306 e. The van der Waals surface area contributed by atoms with Gasteiger partial charge >= 0.3 is 17.9 Å². The Balaban J connectivity index is 4.46. The van der Waals surface area contributed by atoms with Gasteiger partial charge in [0, 0.05) is 19.3 Å². The van der Waals surface area contributed by atoms with E-state index in [4.69, 9.17) is 14.2 Å². The third kappa shape index (κ3) is 53.3. The van der Waals surface area contributed by atoms with Crippen LogP contribution in [0.4, 0.5) is 0 Å². The summed E-state index contributed by atoms with van der Waals surface area (Å²) in [6.07, 6.45) is 73.9. The lowest BCUT2D eigenvalue weighted by Gasteiger charge is -2.18. The van der Waals surface area contributed by atoms with Crippen molar-refractivity contribution >= 4 is 17.9 Å². The van der Waals surface area contributed by atoms with E-state index in [1.165, 1.54) is 83.5 Å². The molecule has 68 heavy (non-hydrogen) atoms. The normalized spacial score (nSPS) is 12.8. The zero-order valence-electron chi connectivity index (χ0n) is 44.3. The molecule has 388 valence electrons. The Morgan fingerprint density at radius 3 is 0.912 bits per heavy atom. The Kier molecular flexibility index (Phi) is 52.9. The monoisotopic (exact) mass is 945 g/mol. The fourth-order valence-corrected chi connectivity index (χ4v) is 7.66. The smallest absolute Gasteiger partial charge is 0.306 e. The molecule has 0 saturated carbocycles. The first-order valence-corrected chi connectivity index (χ1v) is 28.2. The molecule has 0 amide bonds. The fourth-order valence-electron chi connectivity index (χ4n) is 7.66. The van der Waals surface area contributed by atoms with Gasteiger partial charge in [0.1, 0.15) is 13.2 Å². The van der Waals surface area contributed by atoms with Gasteiger partial charge in [-0.1, -0.05) is 240 Å². The Morgan fingerprint density at radius 2 is 0.574 bits per heavy atom. The first-order valence-electron chi connectivity index (χ1n) is 28.2. The van der Waals surface area contributed by atoms with Gasteiger partial charge in [-0.15, -0.1) is 0 Å². The van der Waals surface area contributed by atoms with Crippen LogP contribution >= 0.6 is 0 Å². The van der Waals surface area contributed by atoms with Crippen molar-refractivity contribution in [2.24, 2.45) is 0 Å². The molecule has 0 fully saturated rings. The van der Waals surface area contributed by atoms with E-state index in [-0.39, 0.29) is 31.1 Å². The van der Waals surface area contributed by atoms with Gasteiger partial charge in [-0.3, -0.25) is 14.4 Å². The summed E-state index contributed by atoms with van der Waals surface area (Å²) in [4.78, 5) is 38.1. The molecule has 1 unspecified atom stereocenters. The van der Waals surface area contributed by atoms with Crippen LogP contribution in [0.3, 0.4) is 0 Å². The maximum atomic E-state index is 12.9. The lowest BCUT2D eigenvalue weighted by molar-refractivity contribution is -0.167. The summed E-state index contributed by atoms with van der Waals surface area (Å²) in [5.74, 6) is -0.939. The van der Waals surface area contributed by atoms with Crippen molar-refractivity contribution in [3.05, 3.63) is 97.2 Å². The average molecular weight is 946 g/mol. The zero-order chi connectivity index (χ0) is 49.3. The van der Waals surface area contributed by atoms with E-state index in [0.29, 0.717) is 19.3 Å². The number of unbranched alkanes of at least 4 members (excludes halogenated alkanes) is 23. The second-order valence-corrected chi connectivity index (χ2v) is 18.4. The third-order valence-electron chi connectivity index (χ3n) is 11.8. The molecule has 0 aromatic heterocycles. The zero-order valence-corrected chi connectivity index (χ0v) is 44.3. The highest BCUT2D eigenvalue weighted by Gasteiger charge is 2.19. The van der Waals surface area contributed by atoms with Crippen molar-refractivity contribution < 1.29 is 28.6 Å². The number of ether oxygens (including phenoxy) is 3. The van der Waals surface area contributed by atoms with Gasteiger partial charge in [0.05, 0.1) is 0 Å². The van der Waals surface area contributed by atoms with Crippen LogP contribution in [-0.4, -0.2) is 37.2 Å². The van der Waals surface area contributed by atoms with Crippen LogP contribution in [0.15, 0.2) is 97.2 Å². The first kappa shape index (κ1) is 64.3. The molecule has 6 heteroatoms. The first-order chi connectivity index (χ1) is 33.5. The SMILES string of the molecule is CC/C=C\C/C=C\C/C=C\C/C=C\C/C=C\CCCCCC(=O)OCC(COC(=O)CCCCCCC/C=C\C/C=C\C/C=C\CC)OC(=O)CCCCCCCCCCCCCCCCCC. The van der Waals surface area contributed by atoms with Crippen LogP contribution in [0.5, 0.6) is 0 Å². The van der Waals surface area contributed by atoms with Crippen molar-refractivity contribution in [2.75, 3.05) is 13.2 Å². The van der Waals surface area contributed by atoms with Gasteiger partial charge in [-0.05, 0) is 96.3 Å². The number of carbonyl (C=O) groups is 3. The minimum Gasteiger partial charge on any atom is -0.462 e. The van der Waals surface area contributed by atoms with E-state index >= 15 is 0 Å². The highest BCUT2D eigenvalue weighted by molar-refractivity contribution is 5.71. The number of hydrogen-bond donors (Lipinski definition) is 0. The summed E-state index contributed by atoms with van der Waals surface area (Å²) < 4.78 is 16.8. The van der Waals surface area contributed by atoms with Crippen LogP contribution < -0.4 is 0 Å². The summed E-state index contributed by atoms with van der Waals surface area (Å²) in [6, 6.07) is 0. The van der Waals surface area contributed by atoms with E-state index in [9.17, 15) is 14.4 Å². The highest BCUT2D eigenvalue weighted by Crippen LogP contribution is 2.15. The van der Waals surface area contributed by atoms with Crippen molar-refractivity contribution in [3.63, 3.8) is 0 Å². The molecule has 0 spiro atoms. The quantitative estimate of drug-likeness (QED) is 0.0262. The summed E-state index contributed by atoms with van der Waals surface area (Å²) in [7, 11) is 0. The van der Waals surface area contributed by atoms with Crippen LogP contribution in [0, 0.1) is 0 Å². The summed E-state index contributed by atoms with van der Waals surface area (Å²) in [5, 5.41) is 0. The van der Waals surface area contributed by atoms with E-state index in [2.05, 4.69) is 118 Å². The van der Waals surface area contributed by atoms with Gasteiger partial charge < -0.3 is 14.2 Å². The highest BCUT2D eigenvalue weighted by atomic mass is 16.6. The molecule has 1 atom stereocenters. The summed E-state index contributed by atoms with van der Waals surface area (Å²) in [5.41, 5.74) is 0. The number of esters is 3. The Bertz CT molecular complexity index is 1360. The standard InChI is InChI=1S/C62H104O6/c1-4-7-10-13-16-19-22-25-28-30-31-32-35-37-40-43-46-49-52-55-61(64)67-58-59(57-66-60(63)54-51-48-45-42-39-36-33-27-24-21-18-15-12-9-6-3)68-62(65)56-53-50-47-44-41-38-34-29-26-23-20-17-14-11-8-5-2/h7,9-10,12,16,18-19,21,25,27-28,31-33,37,40,59H,4-6,8,11,13-15,17,20,22-24,26,29-30,34-36,38-39,41-58H2,1-3H3/b10-7-,12-9-,19-16-,21-18-,28-25-,32-31-,33-27-,40-37-. The number of hydrogen-bond acceptors (Lipinski definition) is 6. The minimum absolute atomic E-state index is 0.0962. The number of rotatable bonds is 50. The second-order valence-electron chi connectivity index (χ2n) is 18.4. The van der Waals surface area contributed by atoms with Crippen LogP contribution in [0.1, 0.15) is 258 Å². The van der Waals surface area contributed by atoms with Crippen molar-refractivity contribution in [1.82, 2.24) is 0 Å². The lowest BCUT2D eigenvalue weighted by Crippen LogP contribution is -2.30. The Morgan fingerprint density at radius 1 is 0.309 bits per heavy atom. The summed E-state index contributed by atoms with van der Waals surface area (Å²) >= 11 is 0. The van der Waals surface area contributed by atoms with Gasteiger partial charge in [-0.2, -0.15) is 0 Å². The van der Waals surface area contributed by atoms with E-state index < -0.39 is 6.10 Å². The van der Waals surface area contributed by atoms with E-state index in [0.717, 1.165) is 135 Å².